The first-order valence-electron chi connectivity index (χ1n) is 8.33. The van der Waals surface area contributed by atoms with Crippen LogP contribution in [0.3, 0.4) is 0 Å². The van der Waals surface area contributed by atoms with E-state index in [9.17, 15) is 4.79 Å². The van der Waals surface area contributed by atoms with Gasteiger partial charge in [-0.15, -0.1) is 0 Å². The highest BCUT2D eigenvalue weighted by molar-refractivity contribution is 9.10. The van der Waals surface area contributed by atoms with Crippen molar-refractivity contribution >= 4 is 27.5 Å². The summed E-state index contributed by atoms with van der Waals surface area (Å²) in [7, 11) is 0. The van der Waals surface area contributed by atoms with Gasteiger partial charge in [0, 0.05) is 36.3 Å². The first-order chi connectivity index (χ1) is 12.1. The number of nitrogens with zero attached hydrogens (tertiary/aromatic N) is 1. The van der Waals surface area contributed by atoms with E-state index in [4.69, 9.17) is 10.5 Å². The number of nitrogen functional groups attached to an aromatic ring is 1. The minimum Gasteiger partial charge on any atom is -0.398 e. The summed E-state index contributed by atoms with van der Waals surface area (Å²) in [6, 6.07) is 15.6. The fourth-order valence-electron chi connectivity index (χ4n) is 2.92. The molecule has 1 saturated heterocycles. The van der Waals surface area contributed by atoms with Crippen LogP contribution >= 0.6 is 15.9 Å². The van der Waals surface area contributed by atoms with E-state index in [2.05, 4.69) is 50.4 Å². The number of morpholine rings is 1. The van der Waals surface area contributed by atoms with Gasteiger partial charge in [-0.3, -0.25) is 9.69 Å². The fourth-order valence-corrected chi connectivity index (χ4v) is 3.28. The van der Waals surface area contributed by atoms with Crippen LogP contribution in [0.2, 0.25) is 0 Å². The highest BCUT2D eigenvalue weighted by Crippen LogP contribution is 2.18. The number of anilines is 1. The number of nitrogens with two attached hydrogens (primary N) is 1. The van der Waals surface area contributed by atoms with Crippen molar-refractivity contribution in [3.05, 3.63) is 64.1 Å². The average molecular weight is 404 g/mol. The van der Waals surface area contributed by atoms with Gasteiger partial charge in [0.25, 0.3) is 5.91 Å². The topological polar surface area (TPSA) is 67.6 Å². The number of hydrogen-bond acceptors (Lipinski definition) is 4. The summed E-state index contributed by atoms with van der Waals surface area (Å²) in [5, 5.41) is 2.93. The van der Waals surface area contributed by atoms with Crippen molar-refractivity contribution in [2.45, 2.75) is 12.6 Å². The predicted octanol–water partition coefficient (Wildman–Crippen LogP) is 2.66. The largest absolute Gasteiger partial charge is 0.398 e. The molecule has 1 atom stereocenters. The quantitative estimate of drug-likeness (QED) is 0.752. The Kier molecular flexibility index (Phi) is 6.07. The maximum Gasteiger partial charge on any atom is 0.253 e. The van der Waals surface area contributed by atoms with Gasteiger partial charge in [0.2, 0.25) is 0 Å². The van der Waals surface area contributed by atoms with E-state index in [-0.39, 0.29) is 12.0 Å². The van der Waals surface area contributed by atoms with Crippen molar-refractivity contribution in [1.29, 1.82) is 0 Å². The number of benzene rings is 2. The zero-order valence-electron chi connectivity index (χ0n) is 14.0. The first-order valence-corrected chi connectivity index (χ1v) is 9.12. The second-order valence-electron chi connectivity index (χ2n) is 6.16. The minimum atomic E-state index is -0.178. The molecule has 0 radical (unpaired) electrons. The lowest BCUT2D eigenvalue weighted by atomic mass is 10.1. The molecule has 2 aromatic rings. The van der Waals surface area contributed by atoms with Crippen molar-refractivity contribution in [2.75, 3.05) is 32.0 Å². The molecule has 0 aromatic heterocycles. The third-order valence-corrected chi connectivity index (χ3v) is 4.72. The van der Waals surface area contributed by atoms with E-state index in [1.165, 1.54) is 5.56 Å². The highest BCUT2D eigenvalue weighted by Gasteiger charge is 2.21. The van der Waals surface area contributed by atoms with Gasteiger partial charge in [0.15, 0.2) is 0 Å². The number of rotatable bonds is 5. The van der Waals surface area contributed by atoms with Gasteiger partial charge < -0.3 is 15.8 Å². The summed E-state index contributed by atoms with van der Waals surface area (Å²) < 4.78 is 6.62. The lowest BCUT2D eigenvalue weighted by Gasteiger charge is -2.33. The minimum absolute atomic E-state index is 0.0187. The maximum atomic E-state index is 12.4. The van der Waals surface area contributed by atoms with Crippen molar-refractivity contribution < 1.29 is 9.53 Å². The summed E-state index contributed by atoms with van der Waals surface area (Å²) in [5.74, 6) is -0.178. The molecule has 1 heterocycles. The monoisotopic (exact) mass is 403 g/mol. The Morgan fingerprint density at radius 3 is 2.88 bits per heavy atom. The number of nitrogens with one attached hydrogen (secondary N) is 1. The Bertz CT molecular complexity index is 724. The van der Waals surface area contributed by atoms with Gasteiger partial charge >= 0.3 is 0 Å². The Hall–Kier alpha value is -1.89. The van der Waals surface area contributed by atoms with Gasteiger partial charge in [-0.1, -0.05) is 46.3 Å². The van der Waals surface area contributed by atoms with Crippen molar-refractivity contribution in [3.63, 3.8) is 0 Å². The van der Waals surface area contributed by atoms with Gasteiger partial charge in [-0.2, -0.15) is 0 Å². The molecule has 1 fully saturated rings. The molecule has 1 amide bonds. The first kappa shape index (κ1) is 17.9. The molecular formula is C19H22BrN3O2. The molecule has 1 aliphatic rings. The number of carbonyl (C=O) groups excluding carboxylic acids is 1. The van der Waals surface area contributed by atoms with Crippen molar-refractivity contribution in [3.8, 4) is 0 Å². The van der Waals surface area contributed by atoms with Crippen LogP contribution in [0.25, 0.3) is 0 Å². The second kappa shape index (κ2) is 8.47. The third kappa shape index (κ3) is 5.04. The van der Waals surface area contributed by atoms with Crippen LogP contribution in [0.15, 0.2) is 53.0 Å². The Balaban J connectivity index is 1.52. The summed E-state index contributed by atoms with van der Waals surface area (Å²) in [6.07, 6.45) is -0.0187. The van der Waals surface area contributed by atoms with Crippen molar-refractivity contribution in [2.24, 2.45) is 0 Å². The number of carbonyl (C=O) groups is 1. The standard InChI is InChI=1S/C19H22BrN3O2/c20-15-6-7-18(21)17(10-15)19(24)22-11-16-13-23(8-9-25-16)12-14-4-2-1-3-5-14/h1-7,10,16H,8-9,11-13,21H2,(H,22,24). The Morgan fingerprint density at radius 1 is 1.28 bits per heavy atom. The van der Waals surface area contributed by atoms with Gasteiger partial charge in [-0.25, -0.2) is 0 Å². The third-order valence-electron chi connectivity index (χ3n) is 4.22. The molecular weight excluding hydrogens is 382 g/mol. The molecule has 2 aromatic carbocycles. The van der Waals surface area contributed by atoms with Gasteiger partial charge in [-0.05, 0) is 23.8 Å². The molecule has 0 bridgehead atoms. The van der Waals surface area contributed by atoms with Gasteiger partial charge in [0.1, 0.15) is 0 Å². The molecule has 0 saturated carbocycles. The molecule has 0 spiro atoms. The SMILES string of the molecule is Nc1ccc(Br)cc1C(=O)NCC1CN(Cc2ccccc2)CCO1. The summed E-state index contributed by atoms with van der Waals surface area (Å²) in [4.78, 5) is 14.7. The number of hydrogen-bond donors (Lipinski definition) is 2. The Labute approximate surface area is 156 Å². The Morgan fingerprint density at radius 2 is 2.08 bits per heavy atom. The lowest BCUT2D eigenvalue weighted by molar-refractivity contribution is -0.0292. The van der Waals surface area contributed by atoms with E-state index in [1.54, 1.807) is 12.1 Å². The molecule has 0 aliphatic carbocycles. The predicted molar refractivity (Wildman–Crippen MR) is 102 cm³/mol. The highest BCUT2D eigenvalue weighted by atomic mass is 79.9. The zero-order valence-corrected chi connectivity index (χ0v) is 15.5. The second-order valence-corrected chi connectivity index (χ2v) is 7.07. The van der Waals surface area contributed by atoms with Crippen molar-refractivity contribution in [1.82, 2.24) is 10.2 Å². The molecule has 1 unspecified atom stereocenters. The fraction of sp³-hybridized carbons (Fsp3) is 0.316. The molecule has 3 rings (SSSR count). The summed E-state index contributed by atoms with van der Waals surface area (Å²) in [6.45, 7) is 3.73. The van der Waals surface area contributed by atoms with Crippen LogP contribution in [0.5, 0.6) is 0 Å². The maximum absolute atomic E-state index is 12.4. The molecule has 3 N–H and O–H groups in total. The smallest absolute Gasteiger partial charge is 0.253 e. The number of halogens is 1. The zero-order chi connectivity index (χ0) is 17.6. The molecule has 25 heavy (non-hydrogen) atoms. The van der Waals surface area contributed by atoms with E-state index in [1.807, 2.05) is 12.1 Å². The van der Waals surface area contributed by atoms with E-state index < -0.39 is 0 Å². The average Bonchev–Trinajstić information content (AvgIpc) is 2.63. The van der Waals surface area contributed by atoms with Crippen LogP contribution in [-0.2, 0) is 11.3 Å². The van der Waals surface area contributed by atoms with Gasteiger partial charge in [0.05, 0.1) is 18.3 Å². The summed E-state index contributed by atoms with van der Waals surface area (Å²) in [5.41, 5.74) is 8.12. The normalized spacial score (nSPS) is 18.0. The number of ether oxygens (including phenoxy) is 1. The van der Waals surface area contributed by atoms with Crippen LogP contribution in [-0.4, -0.2) is 43.2 Å². The number of amides is 1. The van der Waals surface area contributed by atoms with Crippen LogP contribution in [0.4, 0.5) is 5.69 Å². The van der Waals surface area contributed by atoms with Crippen LogP contribution < -0.4 is 11.1 Å². The lowest BCUT2D eigenvalue weighted by Crippen LogP contribution is -2.47. The molecule has 132 valence electrons. The summed E-state index contributed by atoms with van der Waals surface area (Å²) >= 11 is 3.36. The van der Waals surface area contributed by atoms with Crippen LogP contribution in [0, 0.1) is 0 Å². The molecule has 6 heteroatoms. The molecule has 1 aliphatic heterocycles. The van der Waals surface area contributed by atoms with E-state index in [0.29, 0.717) is 24.4 Å². The van der Waals surface area contributed by atoms with E-state index >= 15 is 0 Å². The van der Waals surface area contributed by atoms with Crippen LogP contribution in [0.1, 0.15) is 15.9 Å². The van der Waals surface area contributed by atoms with E-state index in [0.717, 1.165) is 24.1 Å². The molecule has 5 nitrogen and oxygen atoms in total.